The quantitative estimate of drug-likeness (QED) is 0.906. The second kappa shape index (κ2) is 6.23. The molecule has 5 nitrogen and oxygen atoms in total. The highest BCUT2D eigenvalue weighted by Gasteiger charge is 2.13. The van der Waals surface area contributed by atoms with Crippen LogP contribution in [0.4, 0.5) is 17.5 Å². The summed E-state index contributed by atoms with van der Waals surface area (Å²) in [5.74, 6) is 2.31. The molecule has 106 valence electrons. The number of hydrogen-bond acceptors (Lipinski definition) is 5. The Morgan fingerprint density at radius 1 is 1.30 bits per heavy atom. The first-order chi connectivity index (χ1) is 9.67. The molecule has 1 heterocycles. The molecule has 0 bridgehead atoms. The summed E-state index contributed by atoms with van der Waals surface area (Å²) in [5.41, 5.74) is 1.99. The molecule has 0 aliphatic rings. The minimum Gasteiger partial charge on any atom is -0.495 e. The SMILES string of the molecule is CCNc1ncc(C)c(N(C)c2ccccc2OC)n1. The molecule has 0 aliphatic heterocycles. The Balaban J connectivity index is 2.41. The summed E-state index contributed by atoms with van der Waals surface area (Å²) in [7, 11) is 3.65. The van der Waals surface area contributed by atoms with E-state index in [9.17, 15) is 0 Å². The van der Waals surface area contributed by atoms with Crippen molar-refractivity contribution in [3.63, 3.8) is 0 Å². The third kappa shape index (κ3) is 2.82. The van der Waals surface area contributed by atoms with Gasteiger partial charge in [-0.3, -0.25) is 0 Å². The van der Waals surface area contributed by atoms with Gasteiger partial charge in [0.1, 0.15) is 11.6 Å². The van der Waals surface area contributed by atoms with E-state index in [0.29, 0.717) is 5.95 Å². The van der Waals surface area contributed by atoms with Crippen LogP contribution in [0, 0.1) is 6.92 Å². The molecule has 0 saturated carbocycles. The Hall–Kier alpha value is -2.30. The molecule has 0 unspecified atom stereocenters. The van der Waals surface area contributed by atoms with Crippen LogP contribution in [0.2, 0.25) is 0 Å². The van der Waals surface area contributed by atoms with E-state index in [1.54, 1.807) is 7.11 Å². The molecule has 0 atom stereocenters. The van der Waals surface area contributed by atoms with Crippen molar-refractivity contribution in [2.75, 3.05) is 30.9 Å². The number of anilines is 3. The first-order valence-electron chi connectivity index (χ1n) is 6.61. The Labute approximate surface area is 119 Å². The minimum atomic E-state index is 0.634. The van der Waals surface area contributed by atoms with E-state index in [4.69, 9.17) is 4.74 Å². The predicted octanol–water partition coefficient (Wildman–Crippen LogP) is 2.99. The van der Waals surface area contributed by atoms with Gasteiger partial charge in [-0.2, -0.15) is 4.98 Å². The second-order valence-electron chi connectivity index (χ2n) is 4.46. The molecule has 0 radical (unpaired) electrons. The van der Waals surface area contributed by atoms with E-state index >= 15 is 0 Å². The number of nitrogens with zero attached hydrogens (tertiary/aromatic N) is 3. The van der Waals surface area contributed by atoms with Crippen molar-refractivity contribution in [1.82, 2.24) is 9.97 Å². The van der Waals surface area contributed by atoms with Crippen LogP contribution < -0.4 is 15.0 Å². The van der Waals surface area contributed by atoms with Crippen molar-refractivity contribution in [1.29, 1.82) is 0 Å². The summed E-state index contributed by atoms with van der Waals surface area (Å²) >= 11 is 0. The van der Waals surface area contributed by atoms with Gasteiger partial charge in [0.2, 0.25) is 5.95 Å². The molecular formula is C15H20N4O. The summed E-state index contributed by atoms with van der Waals surface area (Å²) in [6.45, 7) is 4.81. The van der Waals surface area contributed by atoms with Gasteiger partial charge in [0.05, 0.1) is 12.8 Å². The number of para-hydroxylation sites is 2. The number of methoxy groups -OCH3 is 1. The first-order valence-corrected chi connectivity index (χ1v) is 6.61. The molecule has 0 saturated heterocycles. The standard InChI is InChI=1S/C15H20N4O/c1-5-16-15-17-10-11(2)14(18-15)19(3)12-8-6-7-9-13(12)20-4/h6-10H,5H2,1-4H3,(H,16,17,18). The number of benzene rings is 1. The zero-order valence-corrected chi connectivity index (χ0v) is 12.3. The number of nitrogens with one attached hydrogen (secondary N) is 1. The molecule has 1 aromatic carbocycles. The lowest BCUT2D eigenvalue weighted by Crippen LogP contribution is -2.15. The van der Waals surface area contributed by atoms with Crippen molar-refractivity contribution in [2.45, 2.75) is 13.8 Å². The van der Waals surface area contributed by atoms with Crippen molar-refractivity contribution in [3.8, 4) is 5.75 Å². The van der Waals surface area contributed by atoms with E-state index < -0.39 is 0 Å². The number of ether oxygens (including phenoxy) is 1. The van der Waals surface area contributed by atoms with E-state index in [0.717, 1.165) is 29.4 Å². The van der Waals surface area contributed by atoms with Gasteiger partial charge in [-0.05, 0) is 26.0 Å². The van der Waals surface area contributed by atoms with E-state index in [2.05, 4.69) is 15.3 Å². The van der Waals surface area contributed by atoms with Crippen LogP contribution in [0.15, 0.2) is 30.5 Å². The Morgan fingerprint density at radius 2 is 2.05 bits per heavy atom. The summed E-state index contributed by atoms with van der Waals surface area (Å²) in [5, 5.41) is 3.13. The van der Waals surface area contributed by atoms with Gasteiger partial charge in [0, 0.05) is 25.4 Å². The summed E-state index contributed by atoms with van der Waals surface area (Å²) in [6.07, 6.45) is 1.83. The summed E-state index contributed by atoms with van der Waals surface area (Å²) in [6, 6.07) is 7.88. The number of aryl methyl sites for hydroxylation is 1. The topological polar surface area (TPSA) is 50.3 Å². The molecule has 0 amide bonds. The third-order valence-corrected chi connectivity index (χ3v) is 3.04. The van der Waals surface area contributed by atoms with Crippen LogP contribution in [0.25, 0.3) is 0 Å². The Kier molecular flexibility index (Phi) is 4.40. The second-order valence-corrected chi connectivity index (χ2v) is 4.46. The van der Waals surface area contributed by atoms with Gasteiger partial charge in [-0.25, -0.2) is 4.98 Å². The smallest absolute Gasteiger partial charge is 0.224 e. The fraction of sp³-hybridized carbons (Fsp3) is 0.333. The molecule has 2 rings (SSSR count). The molecule has 20 heavy (non-hydrogen) atoms. The van der Waals surface area contributed by atoms with Crippen LogP contribution in [0.5, 0.6) is 5.75 Å². The van der Waals surface area contributed by atoms with Crippen molar-refractivity contribution < 1.29 is 4.74 Å². The lowest BCUT2D eigenvalue weighted by Gasteiger charge is -2.22. The maximum absolute atomic E-state index is 5.40. The Bertz CT molecular complexity index is 586. The highest BCUT2D eigenvalue weighted by Crippen LogP contribution is 2.32. The van der Waals surface area contributed by atoms with Crippen molar-refractivity contribution >= 4 is 17.5 Å². The van der Waals surface area contributed by atoms with Crippen LogP contribution in [-0.2, 0) is 0 Å². The van der Waals surface area contributed by atoms with Crippen molar-refractivity contribution in [3.05, 3.63) is 36.0 Å². The minimum absolute atomic E-state index is 0.634. The van der Waals surface area contributed by atoms with Crippen LogP contribution in [-0.4, -0.2) is 30.7 Å². The zero-order chi connectivity index (χ0) is 14.5. The molecule has 1 N–H and O–H groups in total. The van der Waals surface area contributed by atoms with E-state index in [1.807, 2.05) is 56.3 Å². The molecule has 1 aromatic heterocycles. The van der Waals surface area contributed by atoms with Gasteiger partial charge in [-0.15, -0.1) is 0 Å². The average Bonchev–Trinajstić information content (AvgIpc) is 2.48. The van der Waals surface area contributed by atoms with Crippen molar-refractivity contribution in [2.24, 2.45) is 0 Å². The van der Waals surface area contributed by atoms with Gasteiger partial charge in [-0.1, -0.05) is 12.1 Å². The van der Waals surface area contributed by atoms with Crippen LogP contribution in [0.1, 0.15) is 12.5 Å². The number of rotatable bonds is 5. The molecule has 0 aliphatic carbocycles. The molecule has 0 spiro atoms. The predicted molar refractivity (Wildman–Crippen MR) is 82.0 cm³/mol. The van der Waals surface area contributed by atoms with E-state index in [-0.39, 0.29) is 0 Å². The highest BCUT2D eigenvalue weighted by atomic mass is 16.5. The van der Waals surface area contributed by atoms with Crippen LogP contribution in [0.3, 0.4) is 0 Å². The summed E-state index contributed by atoms with van der Waals surface area (Å²) < 4.78 is 5.40. The molecular weight excluding hydrogens is 252 g/mol. The first kappa shape index (κ1) is 14.1. The number of aromatic nitrogens is 2. The monoisotopic (exact) mass is 272 g/mol. The molecule has 0 fully saturated rings. The Morgan fingerprint density at radius 3 is 2.75 bits per heavy atom. The van der Waals surface area contributed by atoms with Gasteiger partial charge < -0.3 is 15.0 Å². The maximum Gasteiger partial charge on any atom is 0.224 e. The van der Waals surface area contributed by atoms with Gasteiger partial charge in [0.15, 0.2) is 0 Å². The zero-order valence-electron chi connectivity index (χ0n) is 12.3. The summed E-state index contributed by atoms with van der Waals surface area (Å²) in [4.78, 5) is 10.8. The average molecular weight is 272 g/mol. The lowest BCUT2D eigenvalue weighted by atomic mass is 10.2. The largest absolute Gasteiger partial charge is 0.495 e. The van der Waals surface area contributed by atoms with Gasteiger partial charge >= 0.3 is 0 Å². The van der Waals surface area contributed by atoms with Crippen LogP contribution >= 0.6 is 0 Å². The third-order valence-electron chi connectivity index (χ3n) is 3.04. The fourth-order valence-corrected chi connectivity index (χ4v) is 2.04. The normalized spacial score (nSPS) is 10.2. The fourth-order valence-electron chi connectivity index (χ4n) is 2.04. The van der Waals surface area contributed by atoms with Gasteiger partial charge in [0.25, 0.3) is 0 Å². The lowest BCUT2D eigenvalue weighted by molar-refractivity contribution is 0.415. The number of hydrogen-bond donors (Lipinski definition) is 1. The molecule has 5 heteroatoms. The molecule has 2 aromatic rings. The maximum atomic E-state index is 5.40. The van der Waals surface area contributed by atoms with E-state index in [1.165, 1.54) is 0 Å². The highest BCUT2D eigenvalue weighted by molar-refractivity contribution is 5.68.